The SMILES string of the molecule is Cc1n[n-]c(-c2ccccn2)n1.[Pt+2].[c-]1cccc2c3ccccc3n(-c3cnccn3)c12. The molecule has 2 aromatic carbocycles. The number of para-hydroxylation sites is 2. The molecule has 0 spiro atoms. The van der Waals surface area contributed by atoms with Crippen LogP contribution in [0, 0.1) is 13.0 Å². The van der Waals surface area contributed by atoms with E-state index in [1.54, 1.807) is 31.7 Å². The summed E-state index contributed by atoms with van der Waals surface area (Å²) < 4.78 is 2.09. The van der Waals surface area contributed by atoms with E-state index in [0.717, 1.165) is 22.5 Å². The fourth-order valence-corrected chi connectivity index (χ4v) is 3.41. The fraction of sp³-hybridized carbons (Fsp3) is 0.0417. The molecule has 6 aromatic rings. The zero-order valence-electron chi connectivity index (χ0n) is 17.0. The number of rotatable bonds is 2. The Morgan fingerprint density at radius 2 is 1.72 bits per heavy atom. The van der Waals surface area contributed by atoms with Crippen molar-refractivity contribution in [1.82, 2.24) is 34.7 Å². The van der Waals surface area contributed by atoms with Crippen molar-refractivity contribution in [3.63, 3.8) is 0 Å². The van der Waals surface area contributed by atoms with Gasteiger partial charge in [0.15, 0.2) is 5.82 Å². The molecule has 0 amide bonds. The van der Waals surface area contributed by atoms with Gasteiger partial charge in [0.25, 0.3) is 0 Å². The van der Waals surface area contributed by atoms with Crippen LogP contribution in [0.1, 0.15) is 5.82 Å². The zero-order valence-corrected chi connectivity index (χ0v) is 19.3. The van der Waals surface area contributed by atoms with E-state index in [2.05, 4.69) is 65.0 Å². The van der Waals surface area contributed by atoms with E-state index in [9.17, 15) is 0 Å². The number of hydrogen-bond donors (Lipinski definition) is 0. The van der Waals surface area contributed by atoms with Crippen molar-refractivity contribution in [2.75, 3.05) is 0 Å². The van der Waals surface area contributed by atoms with Gasteiger partial charge in [0, 0.05) is 29.9 Å². The number of pyridine rings is 1. The molecule has 0 aliphatic heterocycles. The van der Waals surface area contributed by atoms with Gasteiger partial charge in [-0.15, -0.1) is 5.39 Å². The number of aryl methyl sites for hydroxylation is 1. The number of benzene rings is 2. The Kier molecular flexibility index (Phi) is 6.47. The van der Waals surface area contributed by atoms with E-state index in [1.807, 2.05) is 36.4 Å². The molecule has 158 valence electrons. The molecule has 0 aliphatic carbocycles. The normalized spacial score (nSPS) is 10.4. The molecule has 0 unspecified atom stereocenters. The van der Waals surface area contributed by atoms with Crippen LogP contribution < -0.4 is 5.10 Å². The minimum atomic E-state index is 0. The minimum Gasteiger partial charge on any atom is -0.421 e. The predicted molar refractivity (Wildman–Crippen MR) is 119 cm³/mol. The molecule has 0 bridgehead atoms. The number of hydrogen-bond acceptors (Lipinski definition) is 5. The summed E-state index contributed by atoms with van der Waals surface area (Å²) in [6.07, 6.45) is 6.87. The van der Waals surface area contributed by atoms with Crippen LogP contribution in [0.2, 0.25) is 0 Å². The third-order valence-electron chi connectivity index (χ3n) is 4.72. The second-order valence-electron chi connectivity index (χ2n) is 6.75. The molecule has 0 atom stereocenters. The van der Waals surface area contributed by atoms with Gasteiger partial charge in [-0.1, -0.05) is 29.8 Å². The maximum Gasteiger partial charge on any atom is 2.00 e. The topological polar surface area (TPSA) is 83.5 Å². The minimum absolute atomic E-state index is 0. The van der Waals surface area contributed by atoms with E-state index in [-0.39, 0.29) is 21.1 Å². The molecule has 0 radical (unpaired) electrons. The number of nitrogens with zero attached hydrogens (tertiary/aromatic N) is 7. The van der Waals surface area contributed by atoms with E-state index in [4.69, 9.17) is 0 Å². The van der Waals surface area contributed by atoms with E-state index in [1.165, 1.54) is 10.8 Å². The third-order valence-corrected chi connectivity index (χ3v) is 4.72. The monoisotopic (exact) mass is 598 g/mol. The van der Waals surface area contributed by atoms with Crippen LogP contribution in [0.4, 0.5) is 0 Å². The zero-order chi connectivity index (χ0) is 21.0. The summed E-state index contributed by atoms with van der Waals surface area (Å²) in [6.45, 7) is 1.80. The Balaban J connectivity index is 0.000000164. The van der Waals surface area contributed by atoms with Crippen molar-refractivity contribution in [3.05, 3.63) is 97.3 Å². The number of aromatic nitrogens is 7. The molecule has 0 fully saturated rings. The Morgan fingerprint density at radius 3 is 2.47 bits per heavy atom. The third kappa shape index (κ3) is 4.20. The average molecular weight is 599 g/mol. The quantitative estimate of drug-likeness (QED) is 0.279. The summed E-state index contributed by atoms with van der Waals surface area (Å²) in [4.78, 5) is 16.8. The molecule has 8 heteroatoms. The van der Waals surface area contributed by atoms with Crippen molar-refractivity contribution in [3.8, 4) is 17.3 Å². The van der Waals surface area contributed by atoms with Gasteiger partial charge < -0.3 is 14.6 Å². The molecular formula is C24H17N7Pt. The van der Waals surface area contributed by atoms with Gasteiger partial charge in [0.2, 0.25) is 0 Å². The first-order valence-electron chi connectivity index (χ1n) is 9.73. The summed E-state index contributed by atoms with van der Waals surface area (Å²) in [6, 6.07) is 23.3. The van der Waals surface area contributed by atoms with Crippen LogP contribution >= 0.6 is 0 Å². The Labute approximate surface area is 198 Å². The molecular weight excluding hydrogens is 581 g/mol. The van der Waals surface area contributed by atoms with Crippen molar-refractivity contribution in [1.29, 1.82) is 0 Å². The molecule has 0 saturated heterocycles. The van der Waals surface area contributed by atoms with Crippen LogP contribution in [-0.2, 0) is 21.1 Å². The van der Waals surface area contributed by atoms with E-state index in [0.29, 0.717) is 11.6 Å². The van der Waals surface area contributed by atoms with E-state index < -0.39 is 0 Å². The van der Waals surface area contributed by atoms with Gasteiger partial charge in [-0.2, -0.15) is 24.3 Å². The second kappa shape index (κ2) is 9.62. The van der Waals surface area contributed by atoms with E-state index >= 15 is 0 Å². The first-order chi connectivity index (χ1) is 15.3. The van der Waals surface area contributed by atoms with Gasteiger partial charge in [-0.05, 0) is 36.3 Å². The summed E-state index contributed by atoms with van der Waals surface area (Å²) in [7, 11) is 0. The molecule has 32 heavy (non-hydrogen) atoms. The summed E-state index contributed by atoms with van der Waals surface area (Å²) in [5.41, 5.74) is 2.92. The first-order valence-corrected chi connectivity index (χ1v) is 9.73. The Hall–Kier alpha value is -3.70. The van der Waals surface area contributed by atoms with Crippen LogP contribution in [0.15, 0.2) is 85.5 Å². The van der Waals surface area contributed by atoms with Gasteiger partial charge in [-0.25, -0.2) is 4.98 Å². The summed E-state index contributed by atoms with van der Waals surface area (Å²) >= 11 is 0. The number of fused-ring (bicyclic) bond motifs is 3. The van der Waals surface area contributed by atoms with Crippen molar-refractivity contribution < 1.29 is 21.1 Å². The molecule has 6 rings (SSSR count). The fourth-order valence-electron chi connectivity index (χ4n) is 3.41. The molecule has 4 aromatic heterocycles. The van der Waals surface area contributed by atoms with Gasteiger partial charge in [0.05, 0.1) is 11.9 Å². The van der Waals surface area contributed by atoms with Gasteiger partial charge in [0.1, 0.15) is 0 Å². The van der Waals surface area contributed by atoms with Crippen molar-refractivity contribution in [2.45, 2.75) is 6.92 Å². The maximum atomic E-state index is 4.40. The average Bonchev–Trinajstić information content (AvgIpc) is 3.42. The smallest absolute Gasteiger partial charge is 0.421 e. The van der Waals surface area contributed by atoms with Gasteiger partial charge >= 0.3 is 21.1 Å². The van der Waals surface area contributed by atoms with Crippen LogP contribution in [0.25, 0.3) is 39.1 Å². The van der Waals surface area contributed by atoms with Crippen molar-refractivity contribution in [2.24, 2.45) is 0 Å². The molecule has 0 N–H and O–H groups in total. The molecule has 4 heterocycles. The largest absolute Gasteiger partial charge is 2.00 e. The van der Waals surface area contributed by atoms with Crippen LogP contribution in [0.5, 0.6) is 0 Å². The summed E-state index contributed by atoms with van der Waals surface area (Å²) in [5.74, 6) is 2.08. The second-order valence-corrected chi connectivity index (χ2v) is 6.75. The maximum absolute atomic E-state index is 4.40. The standard InChI is InChI=1S/C16H10N3.C8H7N4.Pt/c1-3-7-14-12(5-1)13-6-2-4-8-15(13)19(14)16-11-17-9-10-18-16;1-6-10-8(12-11-6)7-4-2-3-5-9-7;/h1-7,9-11H;2-5H,1H3;/q2*-1;+2. The Bertz CT molecular complexity index is 1390. The molecule has 7 nitrogen and oxygen atoms in total. The Morgan fingerprint density at radius 1 is 0.875 bits per heavy atom. The summed E-state index contributed by atoms with van der Waals surface area (Å²) in [5, 5.41) is 10.0. The van der Waals surface area contributed by atoms with Gasteiger partial charge in [-0.3, -0.25) is 15.1 Å². The van der Waals surface area contributed by atoms with Crippen LogP contribution in [0.3, 0.4) is 0 Å². The predicted octanol–water partition coefficient (Wildman–Crippen LogP) is 4.18. The first kappa shape index (κ1) is 21.5. The van der Waals surface area contributed by atoms with Crippen molar-refractivity contribution >= 4 is 21.8 Å². The molecule has 0 saturated carbocycles. The molecule has 0 aliphatic rings. The van der Waals surface area contributed by atoms with Crippen LogP contribution in [-0.4, -0.2) is 29.6 Å².